The van der Waals surface area contributed by atoms with Gasteiger partial charge < -0.3 is 20.4 Å². The molecule has 2 saturated heterocycles. The van der Waals surface area contributed by atoms with Gasteiger partial charge in [0, 0.05) is 63.2 Å². The van der Waals surface area contributed by atoms with Crippen LogP contribution in [0.3, 0.4) is 0 Å². The van der Waals surface area contributed by atoms with Crippen molar-refractivity contribution in [1.82, 2.24) is 20.4 Å². The minimum Gasteiger partial charge on any atom is -0.356 e. The summed E-state index contributed by atoms with van der Waals surface area (Å²) < 4.78 is 0. The molecular weight excluding hydrogens is 284 g/mol. The molecule has 21 heavy (non-hydrogen) atoms. The van der Waals surface area contributed by atoms with Crippen LogP contribution in [-0.2, 0) is 4.79 Å². The molecule has 6 heteroatoms. The summed E-state index contributed by atoms with van der Waals surface area (Å²) in [6.45, 7) is 11.1. The van der Waals surface area contributed by atoms with E-state index in [2.05, 4.69) is 27.4 Å². The normalized spacial score (nSPS) is 24.9. The molecule has 0 aromatic carbocycles. The quantitative estimate of drug-likeness (QED) is 0.659. The molecule has 2 fully saturated rings. The molecule has 0 aliphatic carbocycles. The number of carbonyl (C=O) groups is 1. The van der Waals surface area contributed by atoms with Crippen LogP contribution in [0.25, 0.3) is 0 Å². The second kappa shape index (κ2) is 9.66. The molecule has 2 rings (SSSR count). The van der Waals surface area contributed by atoms with Gasteiger partial charge >= 0.3 is 0 Å². The molecule has 0 bridgehead atoms. The van der Waals surface area contributed by atoms with Gasteiger partial charge in [0.1, 0.15) is 0 Å². The zero-order chi connectivity index (χ0) is 14.9. The molecule has 5 nitrogen and oxygen atoms in total. The molecule has 1 atom stereocenters. The second-order valence-corrected chi connectivity index (χ2v) is 7.06. The van der Waals surface area contributed by atoms with Crippen LogP contribution in [0.5, 0.6) is 0 Å². The Hall–Kier alpha value is -0.300. The van der Waals surface area contributed by atoms with Crippen molar-refractivity contribution >= 4 is 17.7 Å². The molecule has 0 aromatic rings. The van der Waals surface area contributed by atoms with Crippen LogP contribution in [-0.4, -0.2) is 85.6 Å². The molecule has 2 aliphatic rings. The minimum absolute atomic E-state index is 0.200. The summed E-state index contributed by atoms with van der Waals surface area (Å²) in [5.74, 6) is 2.43. The average Bonchev–Trinajstić information content (AvgIpc) is 2.53. The van der Waals surface area contributed by atoms with Crippen LogP contribution in [0.1, 0.15) is 19.8 Å². The van der Waals surface area contributed by atoms with E-state index in [1.54, 1.807) is 0 Å². The average molecular weight is 314 g/mol. The van der Waals surface area contributed by atoms with Crippen LogP contribution in [0.15, 0.2) is 0 Å². The van der Waals surface area contributed by atoms with Gasteiger partial charge in [0.05, 0.1) is 0 Å². The Bertz CT molecular complexity index is 302. The molecule has 2 heterocycles. The van der Waals surface area contributed by atoms with Crippen LogP contribution in [0, 0.1) is 0 Å². The van der Waals surface area contributed by atoms with Crippen molar-refractivity contribution in [2.24, 2.45) is 0 Å². The van der Waals surface area contributed by atoms with Crippen molar-refractivity contribution in [3.63, 3.8) is 0 Å². The summed E-state index contributed by atoms with van der Waals surface area (Å²) in [6.07, 6.45) is 1.69. The van der Waals surface area contributed by atoms with Crippen molar-refractivity contribution in [1.29, 1.82) is 0 Å². The van der Waals surface area contributed by atoms with E-state index in [4.69, 9.17) is 0 Å². The van der Waals surface area contributed by atoms with Gasteiger partial charge in [-0.2, -0.15) is 11.8 Å². The van der Waals surface area contributed by atoms with Crippen LogP contribution in [0.4, 0.5) is 0 Å². The summed E-state index contributed by atoms with van der Waals surface area (Å²) in [7, 11) is 0. The Balaban J connectivity index is 1.48. The van der Waals surface area contributed by atoms with Gasteiger partial charge in [0.25, 0.3) is 0 Å². The van der Waals surface area contributed by atoms with E-state index in [1.807, 2.05) is 11.8 Å². The highest BCUT2D eigenvalue weighted by Crippen LogP contribution is 2.09. The molecular formula is C15H30N4OS. The fourth-order valence-corrected chi connectivity index (χ4v) is 3.86. The van der Waals surface area contributed by atoms with E-state index in [0.29, 0.717) is 12.5 Å². The topological polar surface area (TPSA) is 47.6 Å². The third kappa shape index (κ3) is 6.55. The molecule has 0 spiro atoms. The third-order valence-corrected chi connectivity index (χ3v) is 5.45. The predicted octanol–water partition coefficient (Wildman–Crippen LogP) is 0.225. The Morgan fingerprint density at radius 1 is 1.29 bits per heavy atom. The molecule has 0 radical (unpaired) electrons. The van der Waals surface area contributed by atoms with Crippen molar-refractivity contribution in [2.45, 2.75) is 25.8 Å². The number of nitrogens with one attached hydrogen (secondary N) is 2. The van der Waals surface area contributed by atoms with E-state index >= 15 is 0 Å². The summed E-state index contributed by atoms with van der Waals surface area (Å²) in [5, 5.41) is 6.47. The molecule has 1 amide bonds. The van der Waals surface area contributed by atoms with Crippen molar-refractivity contribution in [3.8, 4) is 0 Å². The first kappa shape index (κ1) is 17.1. The smallest absolute Gasteiger partial charge is 0.221 e. The van der Waals surface area contributed by atoms with Gasteiger partial charge in [-0.05, 0) is 19.5 Å². The lowest BCUT2D eigenvalue weighted by Gasteiger charge is -2.34. The van der Waals surface area contributed by atoms with Crippen LogP contribution < -0.4 is 10.6 Å². The van der Waals surface area contributed by atoms with Crippen molar-refractivity contribution in [2.75, 3.05) is 63.9 Å². The highest BCUT2D eigenvalue weighted by molar-refractivity contribution is 7.99. The summed E-state index contributed by atoms with van der Waals surface area (Å²) in [4.78, 5) is 16.9. The SMILES string of the molecule is CCN1CCN(CCCNC(=O)CC2CSCCN2)CC1. The Morgan fingerprint density at radius 2 is 2.05 bits per heavy atom. The highest BCUT2D eigenvalue weighted by atomic mass is 32.2. The first-order valence-corrected chi connectivity index (χ1v) is 9.46. The number of hydrogen-bond acceptors (Lipinski definition) is 5. The van der Waals surface area contributed by atoms with E-state index in [0.717, 1.165) is 38.4 Å². The number of piperazine rings is 1. The van der Waals surface area contributed by atoms with Gasteiger partial charge in [-0.1, -0.05) is 6.92 Å². The molecule has 0 saturated carbocycles. The maximum absolute atomic E-state index is 11.9. The highest BCUT2D eigenvalue weighted by Gasteiger charge is 2.17. The number of carbonyl (C=O) groups excluding carboxylic acids is 1. The molecule has 1 unspecified atom stereocenters. The van der Waals surface area contributed by atoms with E-state index in [-0.39, 0.29) is 5.91 Å². The number of rotatable bonds is 7. The fraction of sp³-hybridized carbons (Fsp3) is 0.933. The van der Waals surface area contributed by atoms with Crippen LogP contribution in [0.2, 0.25) is 0 Å². The molecule has 2 N–H and O–H groups in total. The largest absolute Gasteiger partial charge is 0.356 e. The van der Waals surface area contributed by atoms with Crippen molar-refractivity contribution in [3.05, 3.63) is 0 Å². The molecule has 2 aliphatic heterocycles. The maximum Gasteiger partial charge on any atom is 0.221 e. The predicted molar refractivity (Wildman–Crippen MR) is 89.9 cm³/mol. The maximum atomic E-state index is 11.9. The van der Waals surface area contributed by atoms with E-state index < -0.39 is 0 Å². The third-order valence-electron chi connectivity index (χ3n) is 4.32. The number of nitrogens with zero attached hydrogens (tertiary/aromatic N) is 2. The zero-order valence-corrected chi connectivity index (χ0v) is 14.1. The Labute approximate surface area is 133 Å². The molecule has 0 aromatic heterocycles. The Kier molecular flexibility index (Phi) is 7.85. The summed E-state index contributed by atoms with van der Waals surface area (Å²) in [5.41, 5.74) is 0. The lowest BCUT2D eigenvalue weighted by Crippen LogP contribution is -2.46. The van der Waals surface area contributed by atoms with E-state index in [1.165, 1.54) is 31.9 Å². The first-order chi connectivity index (χ1) is 10.3. The van der Waals surface area contributed by atoms with Crippen LogP contribution >= 0.6 is 11.8 Å². The second-order valence-electron chi connectivity index (χ2n) is 5.91. The lowest BCUT2D eigenvalue weighted by molar-refractivity contribution is -0.121. The fourth-order valence-electron chi connectivity index (χ4n) is 2.91. The standard InChI is InChI=1S/C15H30N4OS/c1-2-18-7-9-19(10-8-18)6-3-4-17-15(20)12-14-13-21-11-5-16-14/h14,16H,2-13H2,1H3,(H,17,20). The molecule has 122 valence electrons. The van der Waals surface area contributed by atoms with Gasteiger partial charge in [0.15, 0.2) is 0 Å². The zero-order valence-electron chi connectivity index (χ0n) is 13.3. The first-order valence-electron chi connectivity index (χ1n) is 8.30. The summed E-state index contributed by atoms with van der Waals surface area (Å²) >= 11 is 1.94. The number of likely N-dealkylation sites (N-methyl/N-ethyl adjacent to an activating group) is 1. The number of thioether (sulfide) groups is 1. The van der Waals surface area contributed by atoms with Gasteiger partial charge in [-0.3, -0.25) is 4.79 Å². The lowest BCUT2D eigenvalue weighted by atomic mass is 10.2. The Morgan fingerprint density at radius 3 is 2.71 bits per heavy atom. The van der Waals surface area contributed by atoms with Gasteiger partial charge in [0.2, 0.25) is 5.91 Å². The van der Waals surface area contributed by atoms with E-state index in [9.17, 15) is 4.79 Å². The summed E-state index contributed by atoms with van der Waals surface area (Å²) in [6, 6.07) is 0.367. The van der Waals surface area contributed by atoms with Crippen molar-refractivity contribution < 1.29 is 4.79 Å². The monoisotopic (exact) mass is 314 g/mol. The number of amides is 1. The minimum atomic E-state index is 0.200. The number of hydrogen-bond donors (Lipinski definition) is 2. The van der Waals surface area contributed by atoms with Gasteiger partial charge in [-0.25, -0.2) is 0 Å². The van der Waals surface area contributed by atoms with Gasteiger partial charge in [-0.15, -0.1) is 0 Å².